The Morgan fingerprint density at radius 2 is 2.05 bits per heavy atom. The number of carbonyl (C=O) groups excluding carboxylic acids is 1. The molecule has 1 aromatic rings. The highest BCUT2D eigenvalue weighted by Crippen LogP contribution is 2.34. The number of benzene rings is 1. The first kappa shape index (κ1) is 14.0. The zero-order chi connectivity index (χ0) is 13.7. The Morgan fingerprint density at radius 3 is 2.68 bits per heavy atom. The smallest absolute Gasteiger partial charge is 0.338 e. The quantitative estimate of drug-likeness (QED) is 0.633. The summed E-state index contributed by atoms with van der Waals surface area (Å²) in [6, 6.07) is 9.04. The van der Waals surface area contributed by atoms with Crippen LogP contribution in [0.1, 0.15) is 36.0 Å². The van der Waals surface area contributed by atoms with Gasteiger partial charge in [0.2, 0.25) is 0 Å². The Labute approximate surface area is 113 Å². The first-order chi connectivity index (χ1) is 9.19. The van der Waals surface area contributed by atoms with Gasteiger partial charge in [-0.2, -0.15) is 0 Å². The van der Waals surface area contributed by atoms with Crippen molar-refractivity contribution in [1.82, 2.24) is 0 Å². The second-order valence-electron chi connectivity index (χ2n) is 5.00. The Morgan fingerprint density at radius 1 is 1.37 bits per heavy atom. The van der Waals surface area contributed by atoms with Crippen molar-refractivity contribution in [2.75, 3.05) is 7.11 Å². The molecule has 0 saturated heterocycles. The monoisotopic (exact) mass is 264 g/mol. The average molecular weight is 264 g/mol. The lowest BCUT2D eigenvalue weighted by Crippen LogP contribution is -2.33. The molecule has 0 aromatic heterocycles. The minimum absolute atomic E-state index is 0.0254. The van der Waals surface area contributed by atoms with Gasteiger partial charge in [0.25, 0.3) is 0 Å². The molecule has 1 aliphatic rings. The third kappa shape index (κ3) is 4.04. The van der Waals surface area contributed by atoms with Gasteiger partial charge >= 0.3 is 5.97 Å². The molecule has 0 bridgehead atoms. The van der Waals surface area contributed by atoms with E-state index in [2.05, 4.69) is 0 Å². The zero-order valence-corrected chi connectivity index (χ0v) is 11.1. The molecule has 0 amide bonds. The lowest BCUT2D eigenvalue weighted by atomic mass is 9.79. The van der Waals surface area contributed by atoms with Gasteiger partial charge in [-0.1, -0.05) is 18.2 Å². The summed E-state index contributed by atoms with van der Waals surface area (Å²) >= 11 is 0. The molecule has 1 fully saturated rings. The topological polar surface area (TPSA) is 55.8 Å². The van der Waals surface area contributed by atoms with E-state index in [0.717, 1.165) is 19.3 Å². The van der Waals surface area contributed by atoms with Gasteiger partial charge in [0.05, 0.1) is 5.56 Å². The number of esters is 1. The van der Waals surface area contributed by atoms with Gasteiger partial charge in [-0.25, -0.2) is 4.79 Å². The molecule has 0 unspecified atom stereocenters. The molecular formula is C15H20O4. The summed E-state index contributed by atoms with van der Waals surface area (Å²) in [6.45, 7) is 0. The fraction of sp³-hybridized carbons (Fsp3) is 0.533. The summed E-state index contributed by atoms with van der Waals surface area (Å²) in [5, 5.41) is 9.28. The second-order valence-corrected chi connectivity index (χ2v) is 5.00. The molecule has 4 nitrogen and oxygen atoms in total. The highest BCUT2D eigenvalue weighted by Gasteiger charge is 2.32. The number of carbonyl (C=O) groups is 1. The van der Waals surface area contributed by atoms with Crippen LogP contribution < -0.4 is 0 Å². The van der Waals surface area contributed by atoms with E-state index in [9.17, 15) is 9.90 Å². The van der Waals surface area contributed by atoms with Crippen LogP contribution in [0.5, 0.6) is 0 Å². The normalized spacial score (nSPS) is 23.5. The van der Waals surface area contributed by atoms with Crippen LogP contribution in [0, 0.1) is 5.92 Å². The van der Waals surface area contributed by atoms with E-state index in [1.807, 2.05) is 18.2 Å². The minimum Gasteiger partial charge on any atom is -0.459 e. The predicted molar refractivity (Wildman–Crippen MR) is 70.6 cm³/mol. The number of rotatable bonds is 6. The van der Waals surface area contributed by atoms with E-state index >= 15 is 0 Å². The van der Waals surface area contributed by atoms with Gasteiger partial charge in [-0.3, -0.25) is 0 Å². The van der Waals surface area contributed by atoms with Crippen molar-refractivity contribution in [1.29, 1.82) is 0 Å². The number of ether oxygens (including phenoxy) is 2. The van der Waals surface area contributed by atoms with Crippen LogP contribution in [0.2, 0.25) is 0 Å². The van der Waals surface area contributed by atoms with Crippen molar-refractivity contribution in [2.45, 2.75) is 38.1 Å². The SMILES string of the molecule is CO[C@H](O)CCC1CC(OC(=O)c2ccccc2)C1. The molecule has 104 valence electrons. The van der Waals surface area contributed by atoms with E-state index in [4.69, 9.17) is 9.47 Å². The Bertz CT molecular complexity index is 398. The third-order valence-corrected chi connectivity index (χ3v) is 3.57. The summed E-state index contributed by atoms with van der Waals surface area (Å²) in [7, 11) is 1.50. The van der Waals surface area contributed by atoms with Gasteiger partial charge in [-0.05, 0) is 43.7 Å². The molecule has 1 saturated carbocycles. The Kier molecular flexibility index (Phi) is 4.93. The summed E-state index contributed by atoms with van der Waals surface area (Å²) in [5.74, 6) is 0.277. The van der Waals surface area contributed by atoms with Gasteiger partial charge < -0.3 is 14.6 Å². The van der Waals surface area contributed by atoms with E-state index < -0.39 is 6.29 Å². The summed E-state index contributed by atoms with van der Waals surface area (Å²) in [6.07, 6.45) is 2.67. The first-order valence-electron chi connectivity index (χ1n) is 6.66. The van der Waals surface area contributed by atoms with Crippen LogP contribution in [0.15, 0.2) is 30.3 Å². The van der Waals surface area contributed by atoms with Crippen LogP contribution in [-0.2, 0) is 9.47 Å². The van der Waals surface area contributed by atoms with Gasteiger partial charge in [0.15, 0.2) is 6.29 Å². The Hall–Kier alpha value is -1.39. The van der Waals surface area contributed by atoms with Crippen LogP contribution in [0.3, 0.4) is 0 Å². The first-order valence-corrected chi connectivity index (χ1v) is 6.66. The largest absolute Gasteiger partial charge is 0.459 e. The lowest BCUT2D eigenvalue weighted by molar-refractivity contribution is -0.0869. The molecule has 2 rings (SSSR count). The van der Waals surface area contributed by atoms with Gasteiger partial charge in [-0.15, -0.1) is 0 Å². The average Bonchev–Trinajstić information content (AvgIpc) is 2.41. The number of aliphatic hydroxyl groups excluding tert-OH is 1. The van der Waals surface area contributed by atoms with Crippen molar-refractivity contribution in [3.8, 4) is 0 Å². The number of hydrogen-bond acceptors (Lipinski definition) is 4. The standard InChI is InChI=1S/C15H20O4/c1-18-14(16)8-7-11-9-13(10-11)19-15(17)12-5-3-2-4-6-12/h2-6,11,13-14,16H,7-10H2,1H3/t11?,13?,14-/m0/s1. The molecule has 1 atom stereocenters. The summed E-state index contributed by atoms with van der Waals surface area (Å²) < 4.78 is 10.2. The van der Waals surface area contributed by atoms with Crippen LogP contribution >= 0.6 is 0 Å². The zero-order valence-electron chi connectivity index (χ0n) is 11.1. The van der Waals surface area contributed by atoms with Crippen LogP contribution in [0.25, 0.3) is 0 Å². The van der Waals surface area contributed by atoms with E-state index in [-0.39, 0.29) is 12.1 Å². The molecule has 0 spiro atoms. The summed E-state index contributed by atoms with van der Waals surface area (Å²) in [5.41, 5.74) is 0.598. The molecule has 0 radical (unpaired) electrons. The number of methoxy groups -OCH3 is 1. The van der Waals surface area contributed by atoms with Crippen molar-refractivity contribution >= 4 is 5.97 Å². The molecule has 4 heteroatoms. The molecular weight excluding hydrogens is 244 g/mol. The summed E-state index contributed by atoms with van der Waals surface area (Å²) in [4.78, 5) is 11.8. The van der Waals surface area contributed by atoms with Crippen LogP contribution in [0.4, 0.5) is 0 Å². The van der Waals surface area contributed by atoms with Crippen molar-refractivity contribution < 1.29 is 19.4 Å². The Balaban J connectivity index is 1.66. The van der Waals surface area contributed by atoms with Crippen LogP contribution in [-0.4, -0.2) is 30.6 Å². The maximum atomic E-state index is 11.8. The molecule has 0 aliphatic heterocycles. The molecule has 19 heavy (non-hydrogen) atoms. The van der Waals surface area contributed by atoms with E-state index in [0.29, 0.717) is 17.9 Å². The maximum absolute atomic E-state index is 11.8. The molecule has 1 aromatic carbocycles. The fourth-order valence-electron chi connectivity index (χ4n) is 2.30. The molecule has 0 heterocycles. The van der Waals surface area contributed by atoms with Gasteiger partial charge in [0, 0.05) is 7.11 Å². The highest BCUT2D eigenvalue weighted by atomic mass is 16.6. The highest BCUT2D eigenvalue weighted by molar-refractivity contribution is 5.89. The third-order valence-electron chi connectivity index (χ3n) is 3.57. The fourth-order valence-corrected chi connectivity index (χ4v) is 2.30. The minimum atomic E-state index is -0.675. The maximum Gasteiger partial charge on any atom is 0.338 e. The second kappa shape index (κ2) is 6.68. The van der Waals surface area contributed by atoms with E-state index in [1.165, 1.54) is 7.11 Å². The van der Waals surface area contributed by atoms with E-state index in [1.54, 1.807) is 12.1 Å². The number of hydrogen-bond donors (Lipinski definition) is 1. The molecule has 1 aliphatic carbocycles. The van der Waals surface area contributed by atoms with Crippen molar-refractivity contribution in [3.63, 3.8) is 0 Å². The predicted octanol–water partition coefficient (Wildman–Crippen LogP) is 2.37. The lowest BCUT2D eigenvalue weighted by Gasteiger charge is -2.35. The van der Waals surface area contributed by atoms with Crippen molar-refractivity contribution in [3.05, 3.63) is 35.9 Å². The van der Waals surface area contributed by atoms with Crippen molar-refractivity contribution in [2.24, 2.45) is 5.92 Å². The molecule has 1 N–H and O–H groups in total. The van der Waals surface area contributed by atoms with Gasteiger partial charge in [0.1, 0.15) is 6.10 Å². The number of aliphatic hydroxyl groups is 1.